The summed E-state index contributed by atoms with van der Waals surface area (Å²) in [6.07, 6.45) is 0.548. The Hall–Kier alpha value is -1.39. The number of nitrogens with one attached hydrogen (secondary N) is 1. The van der Waals surface area contributed by atoms with Crippen LogP contribution in [0.25, 0.3) is 0 Å². The molecule has 0 bridgehead atoms. The van der Waals surface area contributed by atoms with Crippen LogP contribution in [0.15, 0.2) is 30.3 Å². The van der Waals surface area contributed by atoms with Crippen molar-refractivity contribution in [1.82, 2.24) is 4.90 Å². The molecule has 1 aromatic rings. The zero-order chi connectivity index (χ0) is 13.4. The maximum absolute atomic E-state index is 7.50. The first-order chi connectivity index (χ1) is 8.65. The van der Waals surface area contributed by atoms with Gasteiger partial charge in [-0.2, -0.15) is 0 Å². The zero-order valence-electron chi connectivity index (χ0n) is 11.2. The fraction of sp³-hybridized carbons (Fsp3) is 0.500. The summed E-state index contributed by atoms with van der Waals surface area (Å²) in [5.41, 5.74) is 6.74. The molecule has 0 aliphatic heterocycles. The Bertz CT molecular complexity index is 353. The van der Waals surface area contributed by atoms with E-state index < -0.39 is 0 Å². The fourth-order valence-corrected chi connectivity index (χ4v) is 1.92. The first-order valence-electron chi connectivity index (χ1n) is 6.31. The molecular formula is C14H23N3O. The van der Waals surface area contributed by atoms with Crippen LogP contribution in [0.3, 0.4) is 0 Å². The van der Waals surface area contributed by atoms with E-state index >= 15 is 0 Å². The van der Waals surface area contributed by atoms with Crippen LogP contribution in [-0.4, -0.2) is 37.5 Å². The van der Waals surface area contributed by atoms with Crippen LogP contribution < -0.4 is 5.73 Å². The van der Waals surface area contributed by atoms with Crippen LogP contribution in [0, 0.1) is 5.41 Å². The number of amidine groups is 1. The average Bonchev–Trinajstić information content (AvgIpc) is 2.37. The summed E-state index contributed by atoms with van der Waals surface area (Å²) < 4.78 is 5.37. The molecule has 4 heteroatoms. The molecule has 0 spiro atoms. The number of likely N-dealkylation sites (N-methyl/N-ethyl adjacent to an activating group) is 1. The van der Waals surface area contributed by atoms with Crippen LogP contribution >= 0.6 is 0 Å². The lowest BCUT2D eigenvalue weighted by atomic mass is 10.0. The highest BCUT2D eigenvalue weighted by atomic mass is 16.5. The summed E-state index contributed by atoms with van der Waals surface area (Å²) >= 11 is 0. The van der Waals surface area contributed by atoms with E-state index in [9.17, 15) is 0 Å². The maximum atomic E-state index is 7.50. The Balaban J connectivity index is 2.69. The maximum Gasteiger partial charge on any atom is 0.0924 e. The Kier molecular flexibility index (Phi) is 6.39. The molecule has 0 saturated heterocycles. The van der Waals surface area contributed by atoms with Crippen molar-refractivity contribution in [2.45, 2.75) is 19.4 Å². The molecular weight excluding hydrogens is 226 g/mol. The molecule has 1 atom stereocenters. The molecule has 4 nitrogen and oxygen atoms in total. The van der Waals surface area contributed by atoms with Crippen LogP contribution in [-0.2, 0) is 4.74 Å². The predicted octanol–water partition coefficient (Wildman–Crippen LogP) is 2.02. The Labute approximate surface area is 109 Å². The van der Waals surface area contributed by atoms with Crippen LogP contribution in [0.5, 0.6) is 0 Å². The molecule has 0 aromatic heterocycles. The molecule has 0 aliphatic rings. The number of hydrogen-bond acceptors (Lipinski definition) is 3. The van der Waals surface area contributed by atoms with Gasteiger partial charge in [0, 0.05) is 25.6 Å². The van der Waals surface area contributed by atoms with Crippen LogP contribution in [0.2, 0.25) is 0 Å². The molecule has 1 aromatic carbocycles. The number of nitrogens with two attached hydrogens (primary N) is 1. The Morgan fingerprint density at radius 1 is 1.39 bits per heavy atom. The summed E-state index contributed by atoms with van der Waals surface area (Å²) in [4.78, 5) is 2.19. The minimum atomic E-state index is 0.143. The lowest BCUT2D eigenvalue weighted by molar-refractivity contribution is 0.108. The van der Waals surface area contributed by atoms with Gasteiger partial charge < -0.3 is 10.5 Å². The third-order valence-electron chi connectivity index (χ3n) is 2.92. The fourth-order valence-electron chi connectivity index (χ4n) is 1.92. The Morgan fingerprint density at radius 3 is 2.61 bits per heavy atom. The van der Waals surface area contributed by atoms with E-state index in [2.05, 4.69) is 17.0 Å². The summed E-state index contributed by atoms with van der Waals surface area (Å²) in [6.45, 7) is 4.26. The number of rotatable bonds is 8. The van der Waals surface area contributed by atoms with Crippen molar-refractivity contribution in [1.29, 1.82) is 5.41 Å². The average molecular weight is 249 g/mol. The first kappa shape index (κ1) is 14.7. The highest BCUT2D eigenvalue weighted by Crippen LogP contribution is 2.22. The van der Waals surface area contributed by atoms with Crippen molar-refractivity contribution in [2.75, 3.05) is 26.8 Å². The van der Waals surface area contributed by atoms with E-state index in [1.807, 2.05) is 32.2 Å². The molecule has 0 radical (unpaired) electrons. The van der Waals surface area contributed by atoms with Crippen molar-refractivity contribution in [3.05, 3.63) is 35.9 Å². The molecule has 0 aliphatic carbocycles. The van der Waals surface area contributed by atoms with Crippen molar-refractivity contribution in [3.8, 4) is 0 Å². The molecule has 1 unspecified atom stereocenters. The van der Waals surface area contributed by atoms with Gasteiger partial charge in [-0.3, -0.25) is 10.3 Å². The monoisotopic (exact) mass is 249 g/mol. The van der Waals surface area contributed by atoms with E-state index in [-0.39, 0.29) is 11.9 Å². The van der Waals surface area contributed by atoms with Gasteiger partial charge in [-0.1, -0.05) is 30.3 Å². The highest BCUT2D eigenvalue weighted by Gasteiger charge is 2.17. The van der Waals surface area contributed by atoms with Crippen LogP contribution in [0.4, 0.5) is 0 Å². The number of benzene rings is 1. The van der Waals surface area contributed by atoms with E-state index in [1.54, 1.807) is 0 Å². The summed E-state index contributed by atoms with van der Waals surface area (Å²) in [7, 11) is 2.04. The highest BCUT2D eigenvalue weighted by molar-refractivity contribution is 5.77. The second-order valence-corrected chi connectivity index (χ2v) is 4.33. The molecule has 1 rings (SSSR count). The van der Waals surface area contributed by atoms with Gasteiger partial charge in [0.15, 0.2) is 0 Å². The molecule has 0 heterocycles. The Morgan fingerprint density at radius 2 is 2.06 bits per heavy atom. The molecule has 100 valence electrons. The summed E-state index contributed by atoms with van der Waals surface area (Å²) in [5.74, 6) is 0.215. The van der Waals surface area contributed by atoms with Crippen molar-refractivity contribution >= 4 is 5.84 Å². The van der Waals surface area contributed by atoms with Crippen molar-refractivity contribution < 1.29 is 4.74 Å². The molecule has 3 N–H and O–H groups in total. The second-order valence-electron chi connectivity index (χ2n) is 4.33. The minimum absolute atomic E-state index is 0.143. The minimum Gasteiger partial charge on any atom is -0.388 e. The topological polar surface area (TPSA) is 62.3 Å². The van der Waals surface area contributed by atoms with E-state index in [0.717, 1.165) is 13.2 Å². The van der Waals surface area contributed by atoms with Gasteiger partial charge in [-0.15, -0.1) is 0 Å². The summed E-state index contributed by atoms with van der Waals surface area (Å²) in [6, 6.07) is 10.3. The number of ether oxygens (including phenoxy) is 1. The third-order valence-corrected chi connectivity index (χ3v) is 2.92. The second kappa shape index (κ2) is 7.84. The van der Waals surface area contributed by atoms with Gasteiger partial charge in [-0.05, 0) is 19.5 Å². The third kappa shape index (κ3) is 4.85. The molecule has 18 heavy (non-hydrogen) atoms. The van der Waals surface area contributed by atoms with Gasteiger partial charge in [0.25, 0.3) is 0 Å². The van der Waals surface area contributed by atoms with E-state index in [1.165, 1.54) is 5.56 Å². The lowest BCUT2D eigenvalue weighted by Gasteiger charge is -2.28. The first-order valence-corrected chi connectivity index (χ1v) is 6.31. The quantitative estimate of drug-likeness (QED) is 0.421. The standard InChI is InChI=1S/C14H23N3O/c1-3-18-10-9-17(2)13(11-14(15)16)12-7-5-4-6-8-12/h4-8,13H,3,9-11H2,1-2H3,(H3,15,16). The van der Waals surface area contributed by atoms with E-state index in [4.69, 9.17) is 15.9 Å². The van der Waals surface area contributed by atoms with Gasteiger partial charge in [0.2, 0.25) is 0 Å². The molecule has 0 amide bonds. The lowest BCUT2D eigenvalue weighted by Crippen LogP contribution is -2.31. The SMILES string of the molecule is CCOCCN(C)C(CC(=N)N)c1ccccc1. The van der Waals surface area contributed by atoms with E-state index in [0.29, 0.717) is 13.0 Å². The van der Waals surface area contributed by atoms with Gasteiger partial charge in [-0.25, -0.2) is 0 Å². The molecule has 0 fully saturated rings. The van der Waals surface area contributed by atoms with Crippen LogP contribution in [0.1, 0.15) is 24.9 Å². The largest absolute Gasteiger partial charge is 0.388 e. The van der Waals surface area contributed by atoms with Gasteiger partial charge >= 0.3 is 0 Å². The van der Waals surface area contributed by atoms with Crippen molar-refractivity contribution in [2.24, 2.45) is 5.73 Å². The molecule has 0 saturated carbocycles. The number of hydrogen-bond donors (Lipinski definition) is 2. The van der Waals surface area contributed by atoms with Gasteiger partial charge in [0.1, 0.15) is 0 Å². The summed E-state index contributed by atoms with van der Waals surface area (Å²) in [5, 5.41) is 7.50. The van der Waals surface area contributed by atoms with Gasteiger partial charge in [0.05, 0.1) is 12.4 Å². The van der Waals surface area contributed by atoms with Crippen molar-refractivity contribution in [3.63, 3.8) is 0 Å². The normalized spacial score (nSPS) is 12.6. The smallest absolute Gasteiger partial charge is 0.0924 e. The zero-order valence-corrected chi connectivity index (χ0v) is 11.2. The predicted molar refractivity (Wildman–Crippen MR) is 74.8 cm³/mol. The number of nitrogens with zero attached hydrogens (tertiary/aromatic N) is 1.